The lowest BCUT2D eigenvalue weighted by atomic mass is 10.0. The van der Waals surface area contributed by atoms with Crippen molar-refractivity contribution in [1.29, 1.82) is 0 Å². The van der Waals surface area contributed by atoms with Crippen LogP contribution < -0.4 is 15.4 Å². The minimum absolute atomic E-state index is 0.0394. The molecule has 0 saturated carbocycles. The zero-order chi connectivity index (χ0) is 27.4. The van der Waals surface area contributed by atoms with E-state index in [1.165, 1.54) is 13.5 Å². The van der Waals surface area contributed by atoms with Gasteiger partial charge in [-0.25, -0.2) is 4.98 Å². The van der Waals surface area contributed by atoms with Crippen molar-refractivity contribution in [2.24, 2.45) is 7.05 Å². The molecule has 12 heteroatoms. The van der Waals surface area contributed by atoms with E-state index in [9.17, 15) is 14.4 Å². The van der Waals surface area contributed by atoms with Crippen molar-refractivity contribution in [3.05, 3.63) is 48.2 Å². The molecular formula is C26H33N7O5. The SMILES string of the molecule is COc1cc(NC(=O)C(=O)NC(C)(C)CN2CCN(C(=O)c3cc(C)nn3C)CC2)ccc1-c1cnco1. The summed E-state index contributed by atoms with van der Waals surface area (Å²) < 4.78 is 12.3. The lowest BCUT2D eigenvalue weighted by molar-refractivity contribution is -0.137. The Kier molecular flexibility index (Phi) is 7.81. The Morgan fingerprint density at radius 1 is 1.11 bits per heavy atom. The molecule has 4 rings (SSSR count). The fourth-order valence-electron chi connectivity index (χ4n) is 4.55. The van der Waals surface area contributed by atoms with Crippen molar-refractivity contribution >= 4 is 23.4 Å². The van der Waals surface area contributed by atoms with E-state index in [-0.39, 0.29) is 5.91 Å². The molecule has 3 aromatic rings. The van der Waals surface area contributed by atoms with E-state index in [1.807, 2.05) is 25.7 Å². The number of nitrogens with one attached hydrogen (secondary N) is 2. The van der Waals surface area contributed by atoms with Crippen LogP contribution in [0.4, 0.5) is 5.69 Å². The second-order valence-electron chi connectivity index (χ2n) is 9.94. The first-order chi connectivity index (χ1) is 18.1. The van der Waals surface area contributed by atoms with Crippen molar-refractivity contribution in [2.75, 3.05) is 45.2 Å². The number of benzene rings is 1. The highest BCUT2D eigenvalue weighted by Gasteiger charge is 2.30. The number of hydrogen-bond donors (Lipinski definition) is 2. The van der Waals surface area contributed by atoms with Gasteiger partial charge in [0.05, 0.1) is 24.6 Å². The fraction of sp³-hybridized carbons (Fsp3) is 0.423. The Balaban J connectivity index is 1.28. The van der Waals surface area contributed by atoms with Gasteiger partial charge in [-0.15, -0.1) is 0 Å². The molecule has 12 nitrogen and oxygen atoms in total. The number of hydrogen-bond acceptors (Lipinski definition) is 8. The van der Waals surface area contributed by atoms with Crippen LogP contribution in [0.15, 0.2) is 41.3 Å². The molecule has 1 saturated heterocycles. The summed E-state index contributed by atoms with van der Waals surface area (Å²) in [7, 11) is 3.27. The molecule has 0 atom stereocenters. The van der Waals surface area contributed by atoms with Gasteiger partial charge < -0.3 is 24.7 Å². The number of oxazole rings is 1. The summed E-state index contributed by atoms with van der Waals surface area (Å²) in [4.78, 5) is 46.0. The van der Waals surface area contributed by atoms with Gasteiger partial charge in [0, 0.05) is 57.1 Å². The summed E-state index contributed by atoms with van der Waals surface area (Å²) in [6, 6.07) is 6.78. The van der Waals surface area contributed by atoms with Crippen molar-refractivity contribution in [1.82, 2.24) is 29.9 Å². The summed E-state index contributed by atoms with van der Waals surface area (Å²) >= 11 is 0. The smallest absolute Gasteiger partial charge is 0.313 e. The van der Waals surface area contributed by atoms with Crippen LogP contribution in [-0.2, 0) is 16.6 Å². The van der Waals surface area contributed by atoms with E-state index in [1.54, 1.807) is 42.2 Å². The fourth-order valence-corrected chi connectivity index (χ4v) is 4.55. The largest absolute Gasteiger partial charge is 0.496 e. The van der Waals surface area contributed by atoms with Gasteiger partial charge in [-0.2, -0.15) is 5.10 Å². The number of carbonyl (C=O) groups excluding carboxylic acids is 3. The van der Waals surface area contributed by atoms with Crippen LogP contribution in [0.2, 0.25) is 0 Å². The molecule has 2 aromatic heterocycles. The Morgan fingerprint density at radius 3 is 2.45 bits per heavy atom. The van der Waals surface area contributed by atoms with Crippen LogP contribution in [0.3, 0.4) is 0 Å². The van der Waals surface area contributed by atoms with Gasteiger partial charge in [-0.1, -0.05) is 0 Å². The van der Waals surface area contributed by atoms with Crippen LogP contribution in [0.5, 0.6) is 5.75 Å². The molecule has 38 heavy (non-hydrogen) atoms. The molecule has 0 radical (unpaired) electrons. The molecule has 0 unspecified atom stereocenters. The number of ether oxygens (including phenoxy) is 1. The number of aromatic nitrogens is 3. The molecule has 2 N–H and O–H groups in total. The van der Waals surface area contributed by atoms with E-state index >= 15 is 0 Å². The summed E-state index contributed by atoms with van der Waals surface area (Å²) in [5.41, 5.74) is 1.78. The van der Waals surface area contributed by atoms with Crippen molar-refractivity contribution in [3.8, 4) is 17.1 Å². The minimum Gasteiger partial charge on any atom is -0.496 e. The van der Waals surface area contributed by atoms with Gasteiger partial charge in [0.25, 0.3) is 5.91 Å². The molecule has 1 aromatic carbocycles. The molecule has 0 spiro atoms. The van der Waals surface area contributed by atoms with E-state index in [2.05, 4.69) is 25.6 Å². The molecule has 0 aliphatic carbocycles. The lowest BCUT2D eigenvalue weighted by Gasteiger charge is -2.39. The Morgan fingerprint density at radius 2 is 1.84 bits per heavy atom. The van der Waals surface area contributed by atoms with Crippen molar-refractivity contribution in [2.45, 2.75) is 26.3 Å². The average Bonchev–Trinajstić information content (AvgIpc) is 3.52. The van der Waals surface area contributed by atoms with Gasteiger partial charge in [0.15, 0.2) is 12.2 Å². The second kappa shape index (κ2) is 11.1. The number of anilines is 1. The van der Waals surface area contributed by atoms with Crippen LogP contribution >= 0.6 is 0 Å². The maximum atomic E-state index is 12.8. The monoisotopic (exact) mass is 523 g/mol. The number of piperazine rings is 1. The second-order valence-corrected chi connectivity index (χ2v) is 9.94. The summed E-state index contributed by atoms with van der Waals surface area (Å²) in [5.74, 6) is -0.571. The van der Waals surface area contributed by atoms with Crippen LogP contribution in [0.1, 0.15) is 30.0 Å². The number of nitrogens with zero attached hydrogens (tertiary/aromatic N) is 5. The Hall–Kier alpha value is -4.19. The average molecular weight is 524 g/mol. The number of carbonyl (C=O) groups is 3. The third kappa shape index (κ3) is 6.20. The molecular weight excluding hydrogens is 490 g/mol. The van der Waals surface area contributed by atoms with Crippen molar-refractivity contribution < 1.29 is 23.5 Å². The zero-order valence-corrected chi connectivity index (χ0v) is 22.3. The number of methoxy groups -OCH3 is 1. The third-order valence-electron chi connectivity index (χ3n) is 6.31. The number of amides is 3. The van der Waals surface area contributed by atoms with Crippen LogP contribution in [0.25, 0.3) is 11.3 Å². The van der Waals surface area contributed by atoms with Gasteiger partial charge >= 0.3 is 11.8 Å². The summed E-state index contributed by atoms with van der Waals surface area (Å²) in [6.45, 7) is 8.57. The molecule has 3 heterocycles. The lowest BCUT2D eigenvalue weighted by Crippen LogP contribution is -2.57. The first kappa shape index (κ1) is 26.9. The maximum absolute atomic E-state index is 12.8. The zero-order valence-electron chi connectivity index (χ0n) is 22.3. The Labute approximate surface area is 220 Å². The molecule has 1 fully saturated rings. The van der Waals surface area contributed by atoms with Crippen LogP contribution in [0, 0.1) is 6.92 Å². The number of rotatable bonds is 7. The normalized spacial score (nSPS) is 14.3. The molecule has 1 aliphatic heterocycles. The Bertz CT molecular complexity index is 1310. The molecule has 0 bridgehead atoms. The summed E-state index contributed by atoms with van der Waals surface area (Å²) in [5, 5.41) is 9.68. The standard InChI is InChI=1S/C26H33N7O5/c1-17-12-20(31(4)30-17)25(36)33-10-8-32(9-11-33)15-26(2,3)29-24(35)23(34)28-18-6-7-19(21(13-18)37-5)22-14-27-16-38-22/h6-7,12-14,16H,8-11,15H2,1-5H3,(H,28,34)(H,29,35). The molecule has 1 aliphatic rings. The van der Waals surface area contributed by atoms with E-state index in [4.69, 9.17) is 9.15 Å². The summed E-state index contributed by atoms with van der Waals surface area (Å²) in [6.07, 6.45) is 2.88. The third-order valence-corrected chi connectivity index (χ3v) is 6.31. The highest BCUT2D eigenvalue weighted by atomic mass is 16.5. The number of aryl methyl sites for hydroxylation is 2. The van der Waals surface area contributed by atoms with Gasteiger partial charge in [0.1, 0.15) is 11.4 Å². The first-order valence-corrected chi connectivity index (χ1v) is 12.3. The predicted octanol–water partition coefficient (Wildman–Crippen LogP) is 1.68. The van der Waals surface area contributed by atoms with E-state index < -0.39 is 17.4 Å². The van der Waals surface area contributed by atoms with Gasteiger partial charge in [-0.3, -0.25) is 24.0 Å². The van der Waals surface area contributed by atoms with Crippen molar-refractivity contribution in [3.63, 3.8) is 0 Å². The van der Waals surface area contributed by atoms with E-state index in [0.717, 1.165) is 5.69 Å². The highest BCUT2D eigenvalue weighted by Crippen LogP contribution is 2.32. The first-order valence-electron chi connectivity index (χ1n) is 12.3. The molecule has 202 valence electrons. The minimum atomic E-state index is -0.783. The highest BCUT2D eigenvalue weighted by molar-refractivity contribution is 6.39. The van der Waals surface area contributed by atoms with Crippen LogP contribution in [-0.4, -0.2) is 87.7 Å². The van der Waals surface area contributed by atoms with Gasteiger partial charge in [-0.05, 0) is 39.0 Å². The van der Waals surface area contributed by atoms with Gasteiger partial charge in [0.2, 0.25) is 0 Å². The quantitative estimate of drug-likeness (QED) is 0.447. The predicted molar refractivity (Wildman–Crippen MR) is 140 cm³/mol. The molecule has 3 amide bonds. The topological polar surface area (TPSA) is 135 Å². The van der Waals surface area contributed by atoms with E-state index in [0.29, 0.717) is 61.2 Å². The maximum Gasteiger partial charge on any atom is 0.313 e.